The van der Waals surface area contributed by atoms with Gasteiger partial charge in [-0.3, -0.25) is 0 Å². The Morgan fingerprint density at radius 3 is 2.00 bits per heavy atom. The molecule has 2 atom stereocenters. The topological polar surface area (TPSA) is 9.86 Å². The lowest BCUT2D eigenvalue weighted by Gasteiger charge is -2.32. The van der Waals surface area contributed by atoms with Gasteiger partial charge in [0.2, 0.25) is 0 Å². The smallest absolute Gasteiger partial charge is 0.0491 e. The molecule has 0 bridgehead atoms. The molecule has 0 saturated carbocycles. The Balaban J connectivity index is 1.00. The van der Waals surface area contributed by atoms with Crippen molar-refractivity contribution in [3.05, 3.63) is 148 Å². The molecule has 51 heavy (non-hydrogen) atoms. The van der Waals surface area contributed by atoms with Crippen molar-refractivity contribution in [2.24, 2.45) is 11.8 Å². The van der Waals surface area contributed by atoms with Gasteiger partial charge in [-0.2, -0.15) is 0 Å². The van der Waals surface area contributed by atoms with Gasteiger partial charge in [0, 0.05) is 61.8 Å². The summed E-state index contributed by atoms with van der Waals surface area (Å²) in [6.07, 6.45) is 24.0. The van der Waals surface area contributed by atoms with Crippen LogP contribution in [0.1, 0.15) is 75.6 Å². The van der Waals surface area contributed by atoms with Crippen LogP contribution in [0.5, 0.6) is 0 Å². The summed E-state index contributed by atoms with van der Waals surface area (Å²) in [7, 11) is 0. The second kappa shape index (κ2) is 12.6. The zero-order valence-corrected chi connectivity index (χ0v) is 30.5. The van der Waals surface area contributed by atoms with E-state index in [9.17, 15) is 0 Å². The molecule has 6 aromatic rings. The van der Waals surface area contributed by atoms with Gasteiger partial charge in [-0.15, -0.1) is 0 Å². The number of hydrogen-bond donors (Lipinski definition) is 0. The fourth-order valence-electron chi connectivity index (χ4n) is 9.73. The van der Waals surface area contributed by atoms with Gasteiger partial charge in [-0.25, -0.2) is 0 Å². The second-order valence-corrected chi connectivity index (χ2v) is 14.8. The van der Waals surface area contributed by atoms with Crippen molar-refractivity contribution in [3.8, 4) is 0 Å². The van der Waals surface area contributed by atoms with Crippen LogP contribution in [0.2, 0.25) is 0 Å². The summed E-state index contributed by atoms with van der Waals surface area (Å²) in [5.74, 6) is 0.791. The third kappa shape index (κ3) is 4.98. The van der Waals surface area contributed by atoms with E-state index < -0.39 is 0 Å². The highest BCUT2D eigenvalue weighted by molar-refractivity contribution is 6.08. The summed E-state index contributed by atoms with van der Waals surface area (Å²) in [6, 6.07) is 31.9. The average molecular weight is 665 g/mol. The quantitative estimate of drug-likeness (QED) is 0.153. The number of aromatic nitrogens is 2. The monoisotopic (exact) mass is 664 g/mol. The molecular weight excluding hydrogens is 617 g/mol. The predicted molar refractivity (Wildman–Crippen MR) is 220 cm³/mol. The molecule has 2 aromatic heterocycles. The molecule has 0 radical (unpaired) electrons. The highest BCUT2D eigenvalue weighted by Gasteiger charge is 2.44. The Kier molecular flexibility index (Phi) is 7.88. The Labute approximate surface area is 302 Å². The number of benzene rings is 4. The van der Waals surface area contributed by atoms with Gasteiger partial charge in [0.05, 0.1) is 0 Å². The van der Waals surface area contributed by atoms with Crippen molar-refractivity contribution in [1.29, 1.82) is 0 Å². The minimum absolute atomic E-state index is 0.0556. The van der Waals surface area contributed by atoms with Gasteiger partial charge >= 0.3 is 0 Å². The van der Waals surface area contributed by atoms with Crippen molar-refractivity contribution in [3.63, 3.8) is 0 Å². The maximum absolute atomic E-state index is 2.60. The molecule has 0 aliphatic heterocycles. The van der Waals surface area contributed by atoms with E-state index in [0.29, 0.717) is 11.8 Å². The average Bonchev–Trinajstić information content (AvgIpc) is 3.78. The first-order valence-electron chi connectivity index (χ1n) is 19.3. The molecule has 254 valence electrons. The Morgan fingerprint density at radius 2 is 1.25 bits per heavy atom. The molecule has 2 heterocycles. The van der Waals surface area contributed by atoms with E-state index in [4.69, 9.17) is 0 Å². The molecule has 2 unspecified atom stereocenters. The molecule has 0 amide bonds. The third-order valence-corrected chi connectivity index (χ3v) is 12.4. The van der Waals surface area contributed by atoms with E-state index in [1.165, 1.54) is 71.1 Å². The van der Waals surface area contributed by atoms with E-state index in [1.807, 2.05) is 0 Å². The van der Waals surface area contributed by atoms with E-state index in [2.05, 4.69) is 170 Å². The number of nitrogens with zero attached hydrogens (tertiary/aromatic N) is 2. The molecule has 3 aliphatic carbocycles. The highest BCUT2D eigenvalue weighted by atomic mass is 15.0. The van der Waals surface area contributed by atoms with Crippen molar-refractivity contribution < 1.29 is 0 Å². The van der Waals surface area contributed by atoms with E-state index in [1.54, 1.807) is 5.57 Å². The van der Waals surface area contributed by atoms with Gasteiger partial charge in [-0.1, -0.05) is 123 Å². The zero-order valence-electron chi connectivity index (χ0n) is 30.5. The number of para-hydroxylation sites is 2. The summed E-state index contributed by atoms with van der Waals surface area (Å²) in [6.45, 7) is 11.2. The number of hydrogen-bond acceptors (Lipinski definition) is 0. The third-order valence-electron chi connectivity index (χ3n) is 12.4. The van der Waals surface area contributed by atoms with E-state index in [0.717, 1.165) is 38.8 Å². The van der Waals surface area contributed by atoms with E-state index >= 15 is 0 Å². The molecule has 0 saturated heterocycles. The minimum Gasteiger partial charge on any atom is -0.341 e. The molecule has 0 spiro atoms. The largest absolute Gasteiger partial charge is 0.341 e. The lowest BCUT2D eigenvalue weighted by atomic mass is 9.71. The van der Waals surface area contributed by atoms with Crippen LogP contribution in [-0.4, -0.2) is 9.13 Å². The summed E-state index contributed by atoms with van der Waals surface area (Å²) in [4.78, 5) is 0. The zero-order chi connectivity index (χ0) is 34.7. The van der Waals surface area contributed by atoms with E-state index in [-0.39, 0.29) is 5.41 Å². The van der Waals surface area contributed by atoms with Gasteiger partial charge in [-0.05, 0) is 109 Å². The summed E-state index contributed by atoms with van der Waals surface area (Å²) < 4.78 is 4.89. The first-order valence-corrected chi connectivity index (χ1v) is 19.3. The SMILES string of the molecule is CCn1c2c(c3ccccc31)=CC(/C=C/c1ccc3c(c1)C(CC)(CC)C1=CC(/C=C/c4ccc5c(c4)c4ccccc4n5CC)CC=C13)CC=2. The van der Waals surface area contributed by atoms with Crippen LogP contribution in [0.15, 0.2) is 115 Å². The fraction of sp³-hybridized carbons (Fsp3) is 0.265. The first-order chi connectivity index (χ1) is 25.1. The Morgan fingerprint density at radius 1 is 0.627 bits per heavy atom. The Hall–Kier alpha value is -5.08. The number of aryl methyl sites for hydroxylation is 2. The Bertz CT molecular complexity index is 2590. The fourth-order valence-corrected chi connectivity index (χ4v) is 9.73. The van der Waals surface area contributed by atoms with Crippen LogP contribution in [0.3, 0.4) is 0 Å². The maximum atomic E-state index is 2.60. The first kappa shape index (κ1) is 31.9. The molecule has 2 nitrogen and oxygen atoms in total. The number of fused-ring (bicyclic) bond motifs is 9. The van der Waals surface area contributed by atoms with Crippen LogP contribution in [0.4, 0.5) is 0 Å². The second-order valence-electron chi connectivity index (χ2n) is 14.8. The van der Waals surface area contributed by atoms with Crippen molar-refractivity contribution in [2.45, 2.75) is 71.9 Å². The van der Waals surface area contributed by atoms with Gasteiger partial charge in [0.25, 0.3) is 0 Å². The lowest BCUT2D eigenvalue weighted by Crippen LogP contribution is -2.32. The number of allylic oxidation sites excluding steroid dienone is 6. The summed E-state index contributed by atoms with van der Waals surface area (Å²) in [5, 5.41) is 6.84. The molecule has 4 aromatic carbocycles. The molecule has 2 heteroatoms. The van der Waals surface area contributed by atoms with Crippen molar-refractivity contribution in [1.82, 2.24) is 9.13 Å². The van der Waals surface area contributed by atoms with Gasteiger partial charge in [0.1, 0.15) is 0 Å². The van der Waals surface area contributed by atoms with Crippen LogP contribution in [0, 0.1) is 11.8 Å². The van der Waals surface area contributed by atoms with Crippen molar-refractivity contribution >= 4 is 62.6 Å². The summed E-state index contributed by atoms with van der Waals surface area (Å²) >= 11 is 0. The van der Waals surface area contributed by atoms with Gasteiger partial charge < -0.3 is 9.13 Å². The van der Waals surface area contributed by atoms with Gasteiger partial charge in [0.15, 0.2) is 0 Å². The molecule has 0 N–H and O–H groups in total. The van der Waals surface area contributed by atoms with Crippen LogP contribution in [-0.2, 0) is 18.5 Å². The molecule has 9 rings (SSSR count). The maximum Gasteiger partial charge on any atom is 0.0491 e. The van der Waals surface area contributed by atoms with Crippen molar-refractivity contribution in [2.75, 3.05) is 0 Å². The van der Waals surface area contributed by atoms with Crippen LogP contribution in [0.25, 0.3) is 62.6 Å². The predicted octanol–water partition coefficient (Wildman–Crippen LogP) is 11.2. The summed E-state index contributed by atoms with van der Waals surface area (Å²) in [5.41, 5.74) is 12.6. The van der Waals surface area contributed by atoms with Crippen LogP contribution >= 0.6 is 0 Å². The standard InChI is InChI=1S/C49H48N2/c1-5-49(6-2)43-31-35(19-17-33-23-27-47-41(29-33)39-13-9-11-15-45(39)50(47)7-3)21-25-37(43)38-26-22-36(32-44(38)49)20-18-34-24-28-48-42(30-34)40-14-10-12-16-46(40)51(48)8-4/h9-21,24-33,36H,5-8,22-23H2,1-4H3/b19-17+,20-18+. The molecular formula is C49H48N2. The molecule has 0 fully saturated rings. The minimum atomic E-state index is 0.0556. The highest BCUT2D eigenvalue weighted by Crippen LogP contribution is 2.56. The normalized spacial score (nSPS) is 19.3. The van der Waals surface area contributed by atoms with Crippen LogP contribution < -0.4 is 10.6 Å². The lowest BCUT2D eigenvalue weighted by molar-refractivity contribution is 0.485. The number of rotatable bonds is 8. The molecule has 3 aliphatic rings.